The van der Waals surface area contributed by atoms with E-state index < -0.39 is 0 Å². The predicted octanol–water partition coefficient (Wildman–Crippen LogP) is -0.247. The standard InChI is InChI=1S/C11H17N5O2S/c1-7(17)15-3-5-16(6-4-15)11-8(10(18)13-2)9(12)14-19-11/h3-6H2,1-2H3,(H2,12,14)(H,13,18). The Labute approximate surface area is 115 Å². The number of nitrogens with zero attached hydrogens (tertiary/aromatic N) is 3. The van der Waals surface area contributed by atoms with Crippen molar-refractivity contribution >= 4 is 34.2 Å². The molecule has 2 amide bonds. The molecule has 1 saturated heterocycles. The number of hydrogen-bond acceptors (Lipinski definition) is 6. The summed E-state index contributed by atoms with van der Waals surface area (Å²) in [5.74, 6) is 0.110. The van der Waals surface area contributed by atoms with Crippen LogP contribution in [0, 0.1) is 0 Å². The smallest absolute Gasteiger partial charge is 0.257 e. The normalized spacial score (nSPS) is 15.5. The van der Waals surface area contributed by atoms with E-state index in [4.69, 9.17) is 5.73 Å². The molecule has 1 fully saturated rings. The van der Waals surface area contributed by atoms with E-state index in [0.717, 1.165) is 5.00 Å². The summed E-state index contributed by atoms with van der Waals surface area (Å²) in [6.45, 7) is 4.24. The van der Waals surface area contributed by atoms with Gasteiger partial charge in [-0.15, -0.1) is 0 Å². The Hall–Kier alpha value is -1.83. The molecule has 0 saturated carbocycles. The van der Waals surface area contributed by atoms with Gasteiger partial charge in [-0.3, -0.25) is 9.59 Å². The molecule has 19 heavy (non-hydrogen) atoms. The minimum absolute atomic E-state index is 0.0787. The SMILES string of the molecule is CNC(=O)c1c(N)nsc1N1CCN(C(C)=O)CC1. The van der Waals surface area contributed by atoms with Gasteiger partial charge >= 0.3 is 0 Å². The first-order valence-electron chi connectivity index (χ1n) is 6.02. The van der Waals surface area contributed by atoms with Crippen LogP contribution in [0.2, 0.25) is 0 Å². The third kappa shape index (κ3) is 2.62. The minimum atomic E-state index is -0.227. The van der Waals surface area contributed by atoms with Crippen molar-refractivity contribution in [3.63, 3.8) is 0 Å². The van der Waals surface area contributed by atoms with Gasteiger partial charge in [0.05, 0.1) is 0 Å². The van der Waals surface area contributed by atoms with E-state index in [1.165, 1.54) is 11.5 Å². The Kier molecular flexibility index (Phi) is 3.89. The summed E-state index contributed by atoms with van der Waals surface area (Å²) in [5.41, 5.74) is 6.18. The molecule has 1 aliphatic heterocycles. The van der Waals surface area contributed by atoms with Gasteiger partial charge in [-0.2, -0.15) is 4.37 Å². The summed E-state index contributed by atoms with van der Waals surface area (Å²) in [7, 11) is 1.57. The fraction of sp³-hybridized carbons (Fsp3) is 0.545. The van der Waals surface area contributed by atoms with E-state index in [1.54, 1.807) is 18.9 Å². The first-order valence-corrected chi connectivity index (χ1v) is 6.79. The monoisotopic (exact) mass is 283 g/mol. The van der Waals surface area contributed by atoms with Gasteiger partial charge in [0.25, 0.3) is 5.91 Å². The van der Waals surface area contributed by atoms with E-state index in [2.05, 4.69) is 14.6 Å². The molecule has 0 bridgehead atoms. The third-order valence-electron chi connectivity index (χ3n) is 3.17. The van der Waals surface area contributed by atoms with Gasteiger partial charge in [0.1, 0.15) is 10.6 Å². The van der Waals surface area contributed by atoms with E-state index in [1.807, 2.05) is 0 Å². The lowest BCUT2D eigenvalue weighted by atomic mass is 10.2. The number of carbonyl (C=O) groups excluding carboxylic acids is 2. The van der Waals surface area contributed by atoms with Crippen molar-refractivity contribution in [3.8, 4) is 0 Å². The molecular weight excluding hydrogens is 266 g/mol. The van der Waals surface area contributed by atoms with Gasteiger partial charge in [0.15, 0.2) is 5.82 Å². The minimum Gasteiger partial charge on any atom is -0.382 e. The molecule has 0 atom stereocenters. The molecule has 0 aromatic carbocycles. The van der Waals surface area contributed by atoms with Crippen LogP contribution >= 0.6 is 11.5 Å². The molecule has 0 spiro atoms. The van der Waals surface area contributed by atoms with Crippen LogP contribution in [-0.2, 0) is 4.79 Å². The van der Waals surface area contributed by atoms with E-state index >= 15 is 0 Å². The molecule has 1 aliphatic rings. The third-order valence-corrected chi connectivity index (χ3v) is 4.09. The summed E-state index contributed by atoms with van der Waals surface area (Å²) >= 11 is 1.22. The average molecular weight is 283 g/mol. The molecule has 7 nitrogen and oxygen atoms in total. The van der Waals surface area contributed by atoms with E-state index in [9.17, 15) is 9.59 Å². The van der Waals surface area contributed by atoms with Crippen LogP contribution < -0.4 is 16.0 Å². The first-order chi connectivity index (χ1) is 9.04. The largest absolute Gasteiger partial charge is 0.382 e. The molecule has 3 N–H and O–H groups in total. The fourth-order valence-electron chi connectivity index (χ4n) is 2.07. The molecule has 8 heteroatoms. The summed E-state index contributed by atoms with van der Waals surface area (Å²) in [5, 5.41) is 3.35. The maximum atomic E-state index is 11.8. The molecule has 2 rings (SSSR count). The van der Waals surface area contributed by atoms with Crippen molar-refractivity contribution in [1.82, 2.24) is 14.6 Å². The second-order valence-electron chi connectivity index (χ2n) is 4.32. The van der Waals surface area contributed by atoms with E-state index in [-0.39, 0.29) is 17.6 Å². The average Bonchev–Trinajstić information content (AvgIpc) is 2.80. The van der Waals surface area contributed by atoms with Crippen LogP contribution in [0.5, 0.6) is 0 Å². The number of aromatic nitrogens is 1. The summed E-state index contributed by atoms with van der Waals surface area (Å²) in [6.07, 6.45) is 0. The zero-order valence-corrected chi connectivity index (χ0v) is 11.8. The van der Waals surface area contributed by atoms with Crippen molar-refractivity contribution in [1.29, 1.82) is 0 Å². The van der Waals surface area contributed by atoms with Crippen LogP contribution in [0.4, 0.5) is 10.8 Å². The number of nitrogens with two attached hydrogens (primary N) is 1. The highest BCUT2D eigenvalue weighted by molar-refractivity contribution is 7.11. The lowest BCUT2D eigenvalue weighted by Gasteiger charge is -2.34. The van der Waals surface area contributed by atoms with Crippen molar-refractivity contribution < 1.29 is 9.59 Å². The number of amides is 2. The van der Waals surface area contributed by atoms with Gasteiger partial charge in [0, 0.05) is 40.2 Å². The molecule has 0 unspecified atom stereocenters. The molecule has 0 aliphatic carbocycles. The predicted molar refractivity (Wildman–Crippen MR) is 74.4 cm³/mol. The molecular formula is C11H17N5O2S. The Balaban J connectivity index is 2.16. The molecule has 1 aromatic rings. The second kappa shape index (κ2) is 5.43. The van der Waals surface area contributed by atoms with Crippen molar-refractivity contribution in [3.05, 3.63) is 5.56 Å². The number of piperazine rings is 1. The molecule has 2 heterocycles. The number of nitrogen functional groups attached to an aromatic ring is 1. The van der Waals surface area contributed by atoms with Gasteiger partial charge in [-0.05, 0) is 11.5 Å². The maximum Gasteiger partial charge on any atom is 0.257 e. The van der Waals surface area contributed by atoms with Gasteiger partial charge < -0.3 is 20.9 Å². The fourth-order valence-corrected chi connectivity index (χ4v) is 2.93. The molecule has 104 valence electrons. The van der Waals surface area contributed by atoms with Crippen LogP contribution in [0.15, 0.2) is 0 Å². The first kappa shape index (κ1) is 13.6. The highest BCUT2D eigenvalue weighted by Crippen LogP contribution is 2.31. The lowest BCUT2D eigenvalue weighted by molar-refractivity contribution is -0.129. The Morgan fingerprint density at radius 3 is 2.47 bits per heavy atom. The van der Waals surface area contributed by atoms with Crippen LogP contribution in [0.25, 0.3) is 0 Å². The van der Waals surface area contributed by atoms with E-state index in [0.29, 0.717) is 31.7 Å². The maximum absolute atomic E-state index is 11.8. The molecule has 0 radical (unpaired) electrons. The Morgan fingerprint density at radius 1 is 1.32 bits per heavy atom. The van der Waals surface area contributed by atoms with Gasteiger partial charge in [0.2, 0.25) is 5.91 Å². The number of hydrogen-bond donors (Lipinski definition) is 2. The van der Waals surface area contributed by atoms with Crippen LogP contribution in [-0.4, -0.2) is 54.3 Å². The topological polar surface area (TPSA) is 91.6 Å². The van der Waals surface area contributed by atoms with Crippen molar-refractivity contribution in [2.24, 2.45) is 0 Å². The van der Waals surface area contributed by atoms with Crippen molar-refractivity contribution in [2.45, 2.75) is 6.92 Å². The number of anilines is 2. The Morgan fingerprint density at radius 2 is 1.95 bits per heavy atom. The zero-order chi connectivity index (χ0) is 14.0. The van der Waals surface area contributed by atoms with Crippen LogP contribution in [0.3, 0.4) is 0 Å². The molecule has 1 aromatic heterocycles. The lowest BCUT2D eigenvalue weighted by Crippen LogP contribution is -2.48. The highest BCUT2D eigenvalue weighted by Gasteiger charge is 2.26. The summed E-state index contributed by atoms with van der Waals surface area (Å²) in [6, 6.07) is 0. The highest BCUT2D eigenvalue weighted by atomic mass is 32.1. The zero-order valence-electron chi connectivity index (χ0n) is 11.0. The van der Waals surface area contributed by atoms with Gasteiger partial charge in [-0.1, -0.05) is 0 Å². The Bertz CT molecular complexity index is 493. The second-order valence-corrected chi connectivity index (χ2v) is 5.07. The van der Waals surface area contributed by atoms with Crippen molar-refractivity contribution in [2.75, 3.05) is 43.9 Å². The quantitative estimate of drug-likeness (QED) is 0.781. The number of nitrogens with one attached hydrogen (secondary N) is 1. The van der Waals surface area contributed by atoms with Crippen LogP contribution in [0.1, 0.15) is 17.3 Å². The van der Waals surface area contributed by atoms with Gasteiger partial charge in [-0.25, -0.2) is 0 Å². The summed E-state index contributed by atoms with van der Waals surface area (Å²) < 4.78 is 4.05. The number of rotatable bonds is 2. The summed E-state index contributed by atoms with van der Waals surface area (Å²) in [4.78, 5) is 26.9. The number of carbonyl (C=O) groups is 2.